The summed E-state index contributed by atoms with van der Waals surface area (Å²) in [6.07, 6.45) is -25.4. The molecule has 0 spiro atoms. The van der Waals surface area contributed by atoms with Crippen LogP contribution in [0.5, 0.6) is 0 Å². The molecule has 0 heterocycles. The maximum absolute atomic E-state index is 13.0. The highest BCUT2D eigenvalue weighted by Gasteiger charge is 2.75. The molecule has 0 unspecified atom stereocenters. The van der Waals surface area contributed by atoms with Gasteiger partial charge in [-0.2, -0.15) is 52.7 Å². The van der Waals surface area contributed by atoms with Gasteiger partial charge in [-0.05, 0) is 34.6 Å². The van der Waals surface area contributed by atoms with Crippen LogP contribution in [0, 0.1) is 0 Å². The smallest absolute Gasteiger partial charge is 0.595 e. The third kappa shape index (κ3) is 6.42. The van der Waals surface area contributed by atoms with Gasteiger partial charge in [-0.15, -0.1) is 0 Å². The summed E-state index contributed by atoms with van der Waals surface area (Å²) in [5.41, 5.74) is -12.5. The minimum Gasteiger partial charge on any atom is -0.595 e. The van der Waals surface area contributed by atoms with E-state index in [1.165, 1.54) is 0 Å². The second kappa shape index (κ2) is 7.77. The lowest BCUT2D eigenvalue weighted by Crippen LogP contribution is -2.68. The summed E-state index contributed by atoms with van der Waals surface area (Å²) in [6.45, 7) is 1.31. The van der Waals surface area contributed by atoms with Gasteiger partial charge in [-0.25, -0.2) is 0 Å². The van der Waals surface area contributed by atoms with Crippen LogP contribution in [-0.4, -0.2) is 54.7 Å². The third-order valence-corrected chi connectivity index (χ3v) is 6.71. The van der Waals surface area contributed by atoms with Crippen molar-refractivity contribution in [2.75, 3.05) is 0 Å². The van der Waals surface area contributed by atoms with Crippen LogP contribution in [0.2, 0.25) is 0 Å². The van der Waals surface area contributed by atoms with E-state index in [1.807, 2.05) is 0 Å². The van der Waals surface area contributed by atoms with Gasteiger partial charge in [0.15, 0.2) is 0 Å². The van der Waals surface area contributed by atoms with Gasteiger partial charge in [0.05, 0.1) is 0 Å². The van der Waals surface area contributed by atoms with Gasteiger partial charge in [0.1, 0.15) is 0 Å². The van der Waals surface area contributed by atoms with Gasteiger partial charge in [-0.3, -0.25) is 0 Å². The molecule has 176 valence electrons. The minimum absolute atomic E-state index is 0.669. The second-order valence-electron chi connectivity index (χ2n) is 7.08. The standard InChI is InChI=1S/2C4H3F6O.C4H9O.Al.ClH/c2*1-2(11,3(5,6)7)4(8,9)10;1-4(2,3)5;;/h2*1H3;1-3H3;;1H/q3*-1;+3;/p-1. The van der Waals surface area contributed by atoms with E-state index < -0.39 is 68.5 Å². The summed E-state index contributed by atoms with van der Waals surface area (Å²) in [5.74, 6) is 0. The van der Waals surface area contributed by atoms with Crippen molar-refractivity contribution in [3.05, 3.63) is 0 Å². The molecule has 0 saturated heterocycles. The predicted molar refractivity (Wildman–Crippen MR) is 75.6 cm³/mol. The first-order valence-electron chi connectivity index (χ1n) is 7.31. The van der Waals surface area contributed by atoms with E-state index in [1.54, 1.807) is 0 Å². The third-order valence-electron chi connectivity index (χ3n) is 3.41. The van der Waals surface area contributed by atoms with Crippen LogP contribution >= 0.6 is 10.0 Å². The van der Waals surface area contributed by atoms with E-state index in [0.29, 0.717) is 0 Å². The van der Waals surface area contributed by atoms with Crippen LogP contribution in [0.25, 0.3) is 0 Å². The number of hydrogen-bond acceptors (Lipinski definition) is 3. The van der Waals surface area contributed by atoms with Gasteiger partial charge < -0.3 is 21.4 Å². The first-order valence-corrected chi connectivity index (χ1v) is 10.5. The molecule has 0 fully saturated rings. The molecular formula is C12H15AlClF12O3-. The summed E-state index contributed by atoms with van der Waals surface area (Å²) in [4.78, 5) is 0. The second-order valence-corrected chi connectivity index (χ2v) is 10.5. The van der Waals surface area contributed by atoms with E-state index in [9.17, 15) is 52.7 Å². The first-order chi connectivity index (χ1) is 12.1. The Morgan fingerprint density at radius 1 is 0.483 bits per heavy atom. The molecule has 0 amide bonds. The fourth-order valence-electron chi connectivity index (χ4n) is 1.65. The Kier molecular flexibility index (Phi) is 7.73. The predicted octanol–water partition coefficient (Wildman–Crippen LogP) is 6.28. The largest absolute Gasteiger partial charge is 0.792 e. The molecule has 0 saturated carbocycles. The molecule has 0 aliphatic carbocycles. The van der Waals surface area contributed by atoms with Crippen LogP contribution in [0.3, 0.4) is 0 Å². The van der Waals surface area contributed by atoms with Crippen LogP contribution < -0.4 is 0 Å². The highest BCUT2D eigenvalue weighted by atomic mass is 35.6. The average molecular weight is 498 g/mol. The fraction of sp³-hybridized carbons (Fsp3) is 1.00. The van der Waals surface area contributed by atoms with E-state index in [2.05, 4.69) is 11.4 Å². The monoisotopic (exact) mass is 497 g/mol. The van der Waals surface area contributed by atoms with E-state index in [-0.39, 0.29) is 0 Å². The van der Waals surface area contributed by atoms with Gasteiger partial charge in [0, 0.05) is 5.60 Å². The van der Waals surface area contributed by atoms with E-state index in [0.717, 1.165) is 20.8 Å². The highest BCUT2D eigenvalue weighted by molar-refractivity contribution is 7.09. The van der Waals surface area contributed by atoms with Crippen LogP contribution in [0.15, 0.2) is 0 Å². The molecule has 17 heteroatoms. The van der Waals surface area contributed by atoms with Crippen molar-refractivity contribution in [2.24, 2.45) is 0 Å². The molecule has 0 aromatic rings. The molecule has 29 heavy (non-hydrogen) atoms. The lowest BCUT2D eigenvalue weighted by Gasteiger charge is -2.51. The molecular weight excluding hydrogens is 483 g/mol. The summed E-state index contributed by atoms with van der Waals surface area (Å²) < 4.78 is 168. The van der Waals surface area contributed by atoms with E-state index >= 15 is 0 Å². The van der Waals surface area contributed by atoms with E-state index in [4.69, 9.17) is 10.0 Å². The molecule has 0 radical (unpaired) electrons. The van der Waals surface area contributed by atoms with Crippen LogP contribution in [0.4, 0.5) is 52.7 Å². The minimum atomic E-state index is -6.88. The molecule has 0 N–H and O–H groups in total. The van der Waals surface area contributed by atoms with Crippen molar-refractivity contribution in [1.29, 1.82) is 0 Å². The number of hydrogen-bond donors (Lipinski definition) is 0. The van der Waals surface area contributed by atoms with Crippen LogP contribution in [0.1, 0.15) is 34.6 Å². The zero-order valence-corrected chi connectivity index (χ0v) is 17.1. The zero-order valence-electron chi connectivity index (χ0n) is 15.2. The zero-order chi connectivity index (χ0) is 24.1. The Labute approximate surface area is 164 Å². The maximum Gasteiger partial charge on any atom is 0.792 e. The maximum atomic E-state index is 13.0. The Balaban J connectivity index is 6.65. The molecule has 0 aliphatic rings. The fourth-order valence-corrected chi connectivity index (χ4v) is 6.17. The number of halogens is 13. The summed E-state index contributed by atoms with van der Waals surface area (Å²) in [7, 11) is 5.32. The Morgan fingerprint density at radius 3 is 0.828 bits per heavy atom. The van der Waals surface area contributed by atoms with Gasteiger partial charge in [0.25, 0.3) is 0 Å². The SMILES string of the molecule is CC(C)(C)[O][Al-]([Cl])([O]C(C)(C(F)(F)F)C(F)(F)F)[O]C(C)(C(F)(F)F)C(F)(F)F. The van der Waals surface area contributed by atoms with Crippen LogP contribution in [-0.2, 0) is 11.4 Å². The van der Waals surface area contributed by atoms with Gasteiger partial charge >= 0.3 is 37.9 Å². The van der Waals surface area contributed by atoms with Crippen molar-refractivity contribution < 1.29 is 64.1 Å². The molecule has 0 aromatic heterocycles. The Hall–Kier alpha value is -0.138. The van der Waals surface area contributed by atoms with Gasteiger partial charge in [0.2, 0.25) is 11.2 Å². The first kappa shape index (κ1) is 28.9. The molecule has 0 bridgehead atoms. The lowest BCUT2D eigenvalue weighted by atomic mass is 10.1. The Morgan fingerprint density at radius 2 is 0.690 bits per heavy atom. The summed E-state index contributed by atoms with van der Waals surface area (Å²) in [6, 6.07) is 0. The van der Waals surface area contributed by atoms with Crippen molar-refractivity contribution >= 4 is 23.2 Å². The highest BCUT2D eigenvalue weighted by Crippen LogP contribution is 2.52. The van der Waals surface area contributed by atoms with Crippen molar-refractivity contribution in [3.63, 3.8) is 0 Å². The topological polar surface area (TPSA) is 27.7 Å². The summed E-state index contributed by atoms with van der Waals surface area (Å²) in [5, 5.41) is 0. The van der Waals surface area contributed by atoms with Crippen molar-refractivity contribution in [2.45, 2.75) is 76.1 Å². The lowest BCUT2D eigenvalue weighted by molar-refractivity contribution is -0.379. The summed E-state index contributed by atoms with van der Waals surface area (Å²) >= 11 is -6.88. The van der Waals surface area contributed by atoms with Gasteiger partial charge in [-0.1, -0.05) is 0 Å². The molecule has 0 rings (SSSR count). The quantitative estimate of drug-likeness (QED) is 0.331. The van der Waals surface area contributed by atoms with Crippen molar-refractivity contribution in [1.82, 2.24) is 0 Å². The number of alkyl halides is 12. The average Bonchev–Trinajstić information content (AvgIpc) is 2.29. The molecule has 0 aliphatic heterocycles. The number of rotatable bonds is 5. The molecule has 0 aromatic carbocycles. The normalized spacial score (nSPS) is 16.3. The van der Waals surface area contributed by atoms with Crippen molar-refractivity contribution in [3.8, 4) is 0 Å². The Bertz CT molecular complexity index is 507. The molecule has 0 atom stereocenters. The molecule has 3 nitrogen and oxygen atoms in total.